The highest BCUT2D eigenvalue weighted by atomic mass is 32.2. The zero-order chi connectivity index (χ0) is 12.9. The third kappa shape index (κ3) is 5.36. The molecular formula is C12H25NO3S. The monoisotopic (exact) mass is 263 g/mol. The van der Waals surface area contributed by atoms with Gasteiger partial charge in [0.2, 0.25) is 0 Å². The molecule has 0 heterocycles. The molecule has 0 aromatic heterocycles. The quantitative estimate of drug-likeness (QED) is 0.785. The van der Waals surface area contributed by atoms with Gasteiger partial charge < -0.3 is 10.5 Å². The summed E-state index contributed by atoms with van der Waals surface area (Å²) in [7, 11) is -1.25. The van der Waals surface area contributed by atoms with E-state index in [2.05, 4.69) is 0 Å². The Balaban J connectivity index is 2.47. The molecule has 2 atom stereocenters. The van der Waals surface area contributed by atoms with E-state index in [-0.39, 0.29) is 17.9 Å². The molecule has 17 heavy (non-hydrogen) atoms. The minimum absolute atomic E-state index is 0.0112. The van der Waals surface area contributed by atoms with Gasteiger partial charge in [-0.25, -0.2) is 8.42 Å². The maximum atomic E-state index is 11.1. The molecule has 2 N–H and O–H groups in total. The predicted molar refractivity (Wildman–Crippen MR) is 69.7 cm³/mol. The zero-order valence-corrected chi connectivity index (χ0v) is 11.7. The van der Waals surface area contributed by atoms with Gasteiger partial charge in [-0.15, -0.1) is 0 Å². The van der Waals surface area contributed by atoms with Crippen molar-refractivity contribution in [2.75, 3.05) is 19.1 Å². The van der Waals surface area contributed by atoms with E-state index in [1.165, 1.54) is 25.5 Å². The first kappa shape index (κ1) is 14.9. The second kappa shape index (κ2) is 6.71. The Morgan fingerprint density at radius 2 is 1.88 bits per heavy atom. The maximum Gasteiger partial charge on any atom is 0.147 e. The Labute approximate surface area is 105 Å². The summed E-state index contributed by atoms with van der Waals surface area (Å²) in [4.78, 5) is 0. The summed E-state index contributed by atoms with van der Waals surface area (Å²) in [5.41, 5.74) is 6.08. The largest absolute Gasteiger partial charge is 0.380 e. The fraction of sp³-hybridized carbons (Fsp3) is 1.00. The normalized spacial score (nSPS) is 22.3. The molecule has 0 aromatic rings. The molecule has 0 aromatic carbocycles. The molecule has 2 unspecified atom stereocenters. The second-order valence-electron chi connectivity index (χ2n) is 5.18. The van der Waals surface area contributed by atoms with Gasteiger partial charge in [-0.3, -0.25) is 0 Å². The van der Waals surface area contributed by atoms with Crippen LogP contribution in [-0.4, -0.2) is 39.7 Å². The van der Waals surface area contributed by atoms with Gasteiger partial charge >= 0.3 is 0 Å². The first-order chi connectivity index (χ1) is 7.94. The molecule has 0 saturated heterocycles. The average Bonchev–Trinajstić information content (AvgIpc) is 2.28. The van der Waals surface area contributed by atoms with Crippen LogP contribution in [0.5, 0.6) is 0 Å². The third-order valence-electron chi connectivity index (χ3n) is 3.63. The average molecular weight is 263 g/mol. The lowest BCUT2D eigenvalue weighted by Gasteiger charge is -2.33. The highest BCUT2D eigenvalue weighted by molar-refractivity contribution is 7.90. The number of hydrogen-bond donors (Lipinski definition) is 1. The van der Waals surface area contributed by atoms with Gasteiger partial charge in [-0.05, 0) is 25.2 Å². The van der Waals surface area contributed by atoms with Crippen LogP contribution in [0.4, 0.5) is 0 Å². The minimum atomic E-state index is -2.93. The van der Waals surface area contributed by atoms with Crippen molar-refractivity contribution in [1.29, 1.82) is 0 Å². The predicted octanol–water partition coefficient (Wildman–Crippen LogP) is 1.34. The van der Waals surface area contributed by atoms with E-state index in [0.29, 0.717) is 12.3 Å². The van der Waals surface area contributed by atoms with E-state index >= 15 is 0 Å². The maximum absolute atomic E-state index is 11.1. The number of nitrogens with two attached hydrogens (primary N) is 1. The Morgan fingerprint density at radius 3 is 2.35 bits per heavy atom. The molecule has 1 aliphatic rings. The van der Waals surface area contributed by atoms with Crippen molar-refractivity contribution in [3.8, 4) is 0 Å². The van der Waals surface area contributed by atoms with Gasteiger partial charge in [0.05, 0.1) is 11.9 Å². The van der Waals surface area contributed by atoms with Crippen molar-refractivity contribution in [3.63, 3.8) is 0 Å². The van der Waals surface area contributed by atoms with E-state index in [1.54, 1.807) is 7.11 Å². The smallest absolute Gasteiger partial charge is 0.147 e. The SMILES string of the molecule is COC(C(N)CCS(C)(=O)=O)C1CCCCC1. The lowest BCUT2D eigenvalue weighted by atomic mass is 9.82. The zero-order valence-electron chi connectivity index (χ0n) is 10.9. The van der Waals surface area contributed by atoms with Gasteiger partial charge in [0, 0.05) is 19.4 Å². The molecule has 1 saturated carbocycles. The van der Waals surface area contributed by atoms with Crippen LogP contribution in [0.15, 0.2) is 0 Å². The molecule has 1 rings (SSSR count). The number of methoxy groups -OCH3 is 1. The standard InChI is InChI=1S/C12H25NO3S/c1-16-12(10-6-4-3-5-7-10)11(13)8-9-17(2,14)15/h10-12H,3-9,13H2,1-2H3. The number of sulfone groups is 1. The summed E-state index contributed by atoms with van der Waals surface area (Å²) >= 11 is 0. The van der Waals surface area contributed by atoms with Gasteiger partial charge in [0.25, 0.3) is 0 Å². The number of hydrogen-bond acceptors (Lipinski definition) is 4. The first-order valence-corrected chi connectivity index (χ1v) is 8.46. The van der Waals surface area contributed by atoms with Crippen LogP contribution in [0.2, 0.25) is 0 Å². The summed E-state index contributed by atoms with van der Waals surface area (Å²) in [6, 6.07) is -0.169. The summed E-state index contributed by atoms with van der Waals surface area (Å²) in [5, 5.41) is 0. The van der Waals surface area contributed by atoms with E-state index in [4.69, 9.17) is 10.5 Å². The number of rotatable bonds is 6. The van der Waals surface area contributed by atoms with Crippen LogP contribution >= 0.6 is 0 Å². The van der Waals surface area contributed by atoms with Crippen LogP contribution in [0.3, 0.4) is 0 Å². The topological polar surface area (TPSA) is 69.4 Å². The van der Waals surface area contributed by atoms with Crippen LogP contribution in [0.25, 0.3) is 0 Å². The molecule has 0 bridgehead atoms. The highest BCUT2D eigenvalue weighted by Gasteiger charge is 2.28. The Kier molecular flexibility index (Phi) is 5.89. The van der Waals surface area contributed by atoms with E-state index < -0.39 is 9.84 Å². The Morgan fingerprint density at radius 1 is 1.29 bits per heavy atom. The fourth-order valence-corrected chi connectivity index (χ4v) is 3.39. The summed E-state index contributed by atoms with van der Waals surface area (Å²) in [6.07, 6.45) is 7.85. The molecule has 1 fully saturated rings. The first-order valence-electron chi connectivity index (χ1n) is 6.40. The van der Waals surface area contributed by atoms with Crippen molar-refractivity contribution >= 4 is 9.84 Å². The Hall–Kier alpha value is -0.130. The second-order valence-corrected chi connectivity index (χ2v) is 7.44. The molecule has 0 amide bonds. The van der Waals surface area contributed by atoms with Crippen molar-refractivity contribution in [2.45, 2.75) is 50.7 Å². The summed E-state index contributed by atoms with van der Waals surface area (Å²) in [6.45, 7) is 0. The molecule has 0 radical (unpaired) electrons. The highest BCUT2D eigenvalue weighted by Crippen LogP contribution is 2.29. The van der Waals surface area contributed by atoms with E-state index in [0.717, 1.165) is 12.8 Å². The van der Waals surface area contributed by atoms with Crippen molar-refractivity contribution in [1.82, 2.24) is 0 Å². The fourth-order valence-electron chi connectivity index (χ4n) is 2.69. The molecule has 0 aliphatic heterocycles. The van der Waals surface area contributed by atoms with Crippen LogP contribution < -0.4 is 5.73 Å². The van der Waals surface area contributed by atoms with Crippen LogP contribution in [0, 0.1) is 5.92 Å². The molecule has 5 heteroatoms. The molecule has 102 valence electrons. The Bertz CT molecular complexity index is 310. The van der Waals surface area contributed by atoms with Gasteiger partial charge in [-0.2, -0.15) is 0 Å². The lowest BCUT2D eigenvalue weighted by Crippen LogP contribution is -2.43. The third-order valence-corrected chi connectivity index (χ3v) is 4.61. The van der Waals surface area contributed by atoms with Gasteiger partial charge in [0.15, 0.2) is 0 Å². The van der Waals surface area contributed by atoms with Crippen molar-refractivity contribution < 1.29 is 13.2 Å². The van der Waals surface area contributed by atoms with Crippen molar-refractivity contribution in [3.05, 3.63) is 0 Å². The molecule has 1 aliphatic carbocycles. The minimum Gasteiger partial charge on any atom is -0.380 e. The van der Waals surface area contributed by atoms with E-state index in [9.17, 15) is 8.42 Å². The molecule has 0 spiro atoms. The van der Waals surface area contributed by atoms with Gasteiger partial charge in [0.1, 0.15) is 9.84 Å². The van der Waals surface area contributed by atoms with Crippen molar-refractivity contribution in [2.24, 2.45) is 11.7 Å². The van der Waals surface area contributed by atoms with E-state index in [1.807, 2.05) is 0 Å². The molecule has 4 nitrogen and oxygen atoms in total. The lowest BCUT2D eigenvalue weighted by molar-refractivity contribution is 0.0172. The summed E-state index contributed by atoms with van der Waals surface area (Å²) < 4.78 is 27.8. The number of ether oxygens (including phenoxy) is 1. The van der Waals surface area contributed by atoms with Crippen LogP contribution in [0.1, 0.15) is 38.5 Å². The summed E-state index contributed by atoms with van der Waals surface area (Å²) in [5.74, 6) is 0.657. The van der Waals surface area contributed by atoms with Gasteiger partial charge in [-0.1, -0.05) is 19.3 Å². The van der Waals surface area contributed by atoms with Crippen LogP contribution in [-0.2, 0) is 14.6 Å². The molecular weight excluding hydrogens is 238 g/mol.